The summed E-state index contributed by atoms with van der Waals surface area (Å²) < 4.78 is 4.56. The molecule has 1 aliphatic heterocycles. The number of hydrogen-bond donors (Lipinski definition) is 0. The number of cyclic esters (lactones) is 2. The van der Waals surface area contributed by atoms with Crippen LogP contribution >= 0.6 is 0 Å². The molecule has 0 fully saturated rings. The van der Waals surface area contributed by atoms with E-state index < -0.39 is 11.9 Å². The Kier molecular flexibility index (Phi) is 2.43. The summed E-state index contributed by atoms with van der Waals surface area (Å²) in [6.07, 6.45) is 5.36. The SMILES string of the molecule is C#Cc1cccc(-c2ccc3c(c2)C(=O)OC3=O)c1. The Morgan fingerprint density at radius 3 is 2.42 bits per heavy atom. The van der Waals surface area contributed by atoms with Gasteiger partial charge >= 0.3 is 11.9 Å². The molecule has 0 radical (unpaired) electrons. The molecule has 3 nitrogen and oxygen atoms in total. The van der Waals surface area contributed by atoms with E-state index in [1.165, 1.54) is 0 Å². The van der Waals surface area contributed by atoms with Gasteiger partial charge in [0.05, 0.1) is 11.1 Å². The molecule has 0 aliphatic carbocycles. The summed E-state index contributed by atoms with van der Waals surface area (Å²) in [6, 6.07) is 12.4. The third-order valence-corrected chi connectivity index (χ3v) is 3.01. The number of rotatable bonds is 1. The van der Waals surface area contributed by atoms with E-state index >= 15 is 0 Å². The van der Waals surface area contributed by atoms with Gasteiger partial charge in [-0.05, 0) is 35.4 Å². The molecule has 90 valence electrons. The maximum Gasteiger partial charge on any atom is 0.346 e. The predicted octanol–water partition coefficient (Wildman–Crippen LogP) is 2.65. The fraction of sp³-hybridized carbons (Fsp3) is 0. The van der Waals surface area contributed by atoms with Crippen LogP contribution in [0.25, 0.3) is 11.1 Å². The van der Waals surface area contributed by atoms with Gasteiger partial charge in [-0.25, -0.2) is 9.59 Å². The van der Waals surface area contributed by atoms with Crippen molar-refractivity contribution in [2.24, 2.45) is 0 Å². The van der Waals surface area contributed by atoms with Crippen LogP contribution in [0.2, 0.25) is 0 Å². The topological polar surface area (TPSA) is 43.4 Å². The van der Waals surface area contributed by atoms with Crippen LogP contribution in [0.1, 0.15) is 26.3 Å². The van der Waals surface area contributed by atoms with Gasteiger partial charge in [-0.15, -0.1) is 6.42 Å². The fourth-order valence-corrected chi connectivity index (χ4v) is 2.05. The van der Waals surface area contributed by atoms with Crippen LogP contribution < -0.4 is 0 Å². The first-order valence-electron chi connectivity index (χ1n) is 5.66. The molecule has 0 amide bonds. The molecule has 1 heterocycles. The summed E-state index contributed by atoms with van der Waals surface area (Å²) in [5.41, 5.74) is 3.08. The minimum absolute atomic E-state index is 0.300. The molecular weight excluding hydrogens is 240 g/mol. The number of carbonyl (C=O) groups excluding carboxylic acids is 2. The van der Waals surface area contributed by atoms with Gasteiger partial charge in [-0.2, -0.15) is 0 Å². The first-order chi connectivity index (χ1) is 9.19. The maximum atomic E-state index is 11.5. The lowest BCUT2D eigenvalue weighted by Gasteiger charge is -2.03. The van der Waals surface area contributed by atoms with Crippen molar-refractivity contribution >= 4 is 11.9 Å². The van der Waals surface area contributed by atoms with Crippen LogP contribution in [-0.2, 0) is 4.74 Å². The van der Waals surface area contributed by atoms with Gasteiger partial charge in [0.25, 0.3) is 0 Å². The van der Waals surface area contributed by atoms with Crippen molar-refractivity contribution in [3.63, 3.8) is 0 Å². The summed E-state index contributed by atoms with van der Waals surface area (Å²) in [4.78, 5) is 22.9. The lowest BCUT2D eigenvalue weighted by molar-refractivity contribution is 0.0444. The molecule has 0 saturated carbocycles. The largest absolute Gasteiger partial charge is 0.386 e. The highest BCUT2D eigenvalue weighted by Gasteiger charge is 2.29. The summed E-state index contributed by atoms with van der Waals surface area (Å²) in [6.45, 7) is 0. The zero-order chi connectivity index (χ0) is 13.4. The monoisotopic (exact) mass is 248 g/mol. The Morgan fingerprint density at radius 1 is 0.895 bits per heavy atom. The molecule has 0 bridgehead atoms. The Balaban J connectivity index is 2.13. The predicted molar refractivity (Wildman–Crippen MR) is 69.6 cm³/mol. The van der Waals surface area contributed by atoms with Gasteiger partial charge in [0.2, 0.25) is 0 Å². The second-order valence-electron chi connectivity index (χ2n) is 4.16. The molecule has 0 unspecified atom stereocenters. The number of terminal acetylenes is 1. The molecule has 2 aromatic rings. The van der Waals surface area contributed by atoms with E-state index in [-0.39, 0.29) is 0 Å². The first kappa shape index (κ1) is 11.2. The quantitative estimate of drug-likeness (QED) is 0.442. The molecule has 0 atom stereocenters. The molecule has 0 saturated heterocycles. The molecule has 3 rings (SSSR count). The summed E-state index contributed by atoms with van der Waals surface area (Å²) in [7, 11) is 0. The Labute approximate surface area is 109 Å². The average Bonchev–Trinajstić information content (AvgIpc) is 2.74. The van der Waals surface area contributed by atoms with Crippen LogP contribution in [0.4, 0.5) is 0 Å². The summed E-state index contributed by atoms with van der Waals surface area (Å²) in [5, 5.41) is 0. The van der Waals surface area contributed by atoms with E-state index in [9.17, 15) is 9.59 Å². The Morgan fingerprint density at radius 2 is 1.63 bits per heavy atom. The normalized spacial score (nSPS) is 12.8. The van der Waals surface area contributed by atoms with Gasteiger partial charge in [0.1, 0.15) is 0 Å². The fourth-order valence-electron chi connectivity index (χ4n) is 2.05. The highest BCUT2D eigenvalue weighted by Crippen LogP contribution is 2.27. The molecule has 0 N–H and O–H groups in total. The van der Waals surface area contributed by atoms with Crippen LogP contribution in [0.5, 0.6) is 0 Å². The van der Waals surface area contributed by atoms with Crippen LogP contribution in [0.15, 0.2) is 42.5 Å². The zero-order valence-corrected chi connectivity index (χ0v) is 9.84. The van der Waals surface area contributed by atoms with Gasteiger partial charge in [-0.1, -0.05) is 24.1 Å². The minimum atomic E-state index is -0.602. The van der Waals surface area contributed by atoms with E-state index in [1.807, 2.05) is 24.3 Å². The van der Waals surface area contributed by atoms with Gasteiger partial charge in [0.15, 0.2) is 0 Å². The highest BCUT2D eigenvalue weighted by molar-refractivity contribution is 6.15. The number of esters is 2. The van der Waals surface area contributed by atoms with E-state index in [1.54, 1.807) is 18.2 Å². The molecule has 0 aromatic heterocycles. The highest BCUT2D eigenvalue weighted by atomic mass is 16.6. The third kappa shape index (κ3) is 1.80. The molecule has 1 aliphatic rings. The van der Waals surface area contributed by atoms with Crippen LogP contribution in [0, 0.1) is 12.3 Å². The number of carbonyl (C=O) groups is 2. The third-order valence-electron chi connectivity index (χ3n) is 3.01. The first-order valence-corrected chi connectivity index (χ1v) is 5.66. The zero-order valence-electron chi connectivity index (χ0n) is 9.84. The number of hydrogen-bond acceptors (Lipinski definition) is 3. The Hall–Kier alpha value is -2.86. The molecule has 19 heavy (non-hydrogen) atoms. The lowest BCUT2D eigenvalue weighted by Crippen LogP contribution is -1.96. The van der Waals surface area contributed by atoms with Crippen LogP contribution in [-0.4, -0.2) is 11.9 Å². The molecule has 2 aromatic carbocycles. The second-order valence-corrected chi connectivity index (χ2v) is 4.16. The minimum Gasteiger partial charge on any atom is -0.386 e. The van der Waals surface area contributed by atoms with Crippen molar-refractivity contribution in [3.8, 4) is 23.5 Å². The molecule has 3 heteroatoms. The van der Waals surface area contributed by atoms with E-state index in [0.717, 1.165) is 16.7 Å². The average molecular weight is 248 g/mol. The van der Waals surface area contributed by atoms with Crippen molar-refractivity contribution in [3.05, 3.63) is 59.2 Å². The summed E-state index contributed by atoms with van der Waals surface area (Å²) in [5.74, 6) is 1.36. The van der Waals surface area contributed by atoms with Gasteiger partial charge < -0.3 is 4.74 Å². The van der Waals surface area contributed by atoms with Gasteiger partial charge in [-0.3, -0.25) is 0 Å². The number of ether oxygens (including phenoxy) is 1. The van der Waals surface area contributed by atoms with E-state index in [4.69, 9.17) is 6.42 Å². The lowest BCUT2D eigenvalue weighted by atomic mass is 9.99. The molecule has 0 spiro atoms. The number of fused-ring (bicyclic) bond motifs is 1. The van der Waals surface area contributed by atoms with Crippen molar-refractivity contribution in [1.29, 1.82) is 0 Å². The van der Waals surface area contributed by atoms with Crippen molar-refractivity contribution in [2.45, 2.75) is 0 Å². The maximum absolute atomic E-state index is 11.5. The Bertz CT molecular complexity index is 751. The van der Waals surface area contributed by atoms with Crippen molar-refractivity contribution in [1.82, 2.24) is 0 Å². The van der Waals surface area contributed by atoms with Crippen molar-refractivity contribution in [2.75, 3.05) is 0 Å². The molecular formula is C16H8O3. The second kappa shape index (κ2) is 4.11. The van der Waals surface area contributed by atoms with Gasteiger partial charge in [0, 0.05) is 5.56 Å². The smallest absolute Gasteiger partial charge is 0.346 e. The number of benzene rings is 2. The van der Waals surface area contributed by atoms with Crippen molar-refractivity contribution < 1.29 is 14.3 Å². The van der Waals surface area contributed by atoms with E-state index in [0.29, 0.717) is 11.1 Å². The standard InChI is InChI=1S/C16H8O3/c1-2-10-4-3-5-11(8-10)12-6-7-13-14(9-12)16(18)19-15(13)17/h1,3-9H. The van der Waals surface area contributed by atoms with E-state index in [2.05, 4.69) is 10.7 Å². The summed E-state index contributed by atoms with van der Waals surface area (Å²) >= 11 is 0. The van der Waals surface area contributed by atoms with Crippen LogP contribution in [0.3, 0.4) is 0 Å².